The summed E-state index contributed by atoms with van der Waals surface area (Å²) < 4.78 is 0.941. The second kappa shape index (κ2) is 6.13. The van der Waals surface area contributed by atoms with Gasteiger partial charge in [0, 0.05) is 8.99 Å². The van der Waals surface area contributed by atoms with Crippen molar-refractivity contribution in [3.8, 4) is 0 Å². The van der Waals surface area contributed by atoms with E-state index in [0.717, 1.165) is 32.1 Å². The molecule has 2 amide bonds. The van der Waals surface area contributed by atoms with Crippen LogP contribution in [0.3, 0.4) is 0 Å². The molecule has 152 valence electrons. The quantitative estimate of drug-likeness (QED) is 0.290. The molecule has 1 heterocycles. The molecule has 0 N–H and O–H groups in total. The number of benzene rings is 3. The molecule has 1 aliphatic heterocycles. The number of hydrogen-bond donors (Lipinski definition) is 0. The lowest BCUT2D eigenvalue weighted by atomic mass is 9.42. The van der Waals surface area contributed by atoms with Crippen LogP contribution in [0, 0.1) is 15.4 Å². The van der Waals surface area contributed by atoms with E-state index in [2.05, 4.69) is 29.5 Å². The molecule has 0 spiro atoms. The third-order valence-corrected chi connectivity index (χ3v) is 8.21. The molecule has 5 heteroatoms. The summed E-state index contributed by atoms with van der Waals surface area (Å²) in [6, 6.07) is 23.0. The molecule has 4 aliphatic rings. The first-order valence-corrected chi connectivity index (χ1v) is 11.3. The van der Waals surface area contributed by atoms with Gasteiger partial charge >= 0.3 is 0 Å². The van der Waals surface area contributed by atoms with Gasteiger partial charge in [-0.05, 0) is 63.0 Å². The number of imide groups is 1. The zero-order valence-corrected chi connectivity index (χ0v) is 18.9. The molecule has 3 aliphatic carbocycles. The van der Waals surface area contributed by atoms with Gasteiger partial charge in [0.1, 0.15) is 6.29 Å². The Labute approximate surface area is 193 Å². The molecule has 31 heavy (non-hydrogen) atoms. The minimum Gasteiger partial charge on any atom is -0.302 e. The van der Waals surface area contributed by atoms with Crippen LogP contribution < -0.4 is 4.90 Å². The first kappa shape index (κ1) is 18.9. The summed E-state index contributed by atoms with van der Waals surface area (Å²) in [7, 11) is 0. The molecule has 7 rings (SSSR count). The van der Waals surface area contributed by atoms with Gasteiger partial charge in [-0.25, -0.2) is 4.90 Å². The molecule has 2 bridgehead atoms. The Morgan fingerprint density at radius 2 is 1.35 bits per heavy atom. The lowest BCUT2D eigenvalue weighted by Gasteiger charge is -2.56. The minimum absolute atomic E-state index is 0.227. The molecule has 4 nitrogen and oxygen atoms in total. The summed E-state index contributed by atoms with van der Waals surface area (Å²) in [5, 5.41) is 0. The first-order chi connectivity index (χ1) is 15.0. The fourth-order valence-corrected chi connectivity index (χ4v) is 6.86. The zero-order chi connectivity index (χ0) is 21.5. The van der Waals surface area contributed by atoms with E-state index in [0.29, 0.717) is 5.69 Å². The highest BCUT2D eigenvalue weighted by atomic mass is 127. The van der Waals surface area contributed by atoms with Crippen LogP contribution in [-0.2, 0) is 25.2 Å². The van der Waals surface area contributed by atoms with Gasteiger partial charge < -0.3 is 4.79 Å². The van der Waals surface area contributed by atoms with Crippen molar-refractivity contribution in [3.05, 3.63) is 98.6 Å². The van der Waals surface area contributed by atoms with E-state index in [9.17, 15) is 14.4 Å². The van der Waals surface area contributed by atoms with Crippen LogP contribution in [0.4, 0.5) is 5.69 Å². The van der Waals surface area contributed by atoms with Crippen LogP contribution in [0.2, 0.25) is 0 Å². The van der Waals surface area contributed by atoms with E-state index in [1.807, 2.05) is 66.7 Å². The van der Waals surface area contributed by atoms with Crippen LogP contribution >= 0.6 is 22.6 Å². The highest BCUT2D eigenvalue weighted by Gasteiger charge is 2.72. The van der Waals surface area contributed by atoms with Crippen molar-refractivity contribution >= 4 is 46.4 Å². The Hall–Kier alpha value is -2.80. The van der Waals surface area contributed by atoms with Crippen LogP contribution in [-0.4, -0.2) is 18.1 Å². The fourth-order valence-electron chi connectivity index (χ4n) is 6.33. The predicted molar refractivity (Wildman–Crippen MR) is 125 cm³/mol. The molecule has 0 radical (unpaired) electrons. The van der Waals surface area contributed by atoms with Crippen LogP contribution in [0.15, 0.2) is 72.8 Å². The van der Waals surface area contributed by atoms with Gasteiger partial charge in [-0.15, -0.1) is 0 Å². The van der Waals surface area contributed by atoms with E-state index >= 15 is 0 Å². The van der Waals surface area contributed by atoms with E-state index in [4.69, 9.17) is 0 Å². The van der Waals surface area contributed by atoms with Gasteiger partial charge in [0.05, 0.1) is 22.9 Å². The third kappa shape index (κ3) is 2.03. The summed E-state index contributed by atoms with van der Waals surface area (Å²) in [6.45, 7) is 2.06. The molecular formula is C26H18INO3. The summed E-state index contributed by atoms with van der Waals surface area (Å²) in [6.07, 6.45) is 0.907. The number of nitrogens with zero attached hydrogens (tertiary/aromatic N) is 1. The third-order valence-electron chi connectivity index (χ3n) is 7.54. The molecule has 1 saturated heterocycles. The number of aldehydes is 1. The van der Waals surface area contributed by atoms with Gasteiger partial charge in [0.15, 0.2) is 0 Å². The molecule has 0 aromatic heterocycles. The number of hydrogen-bond acceptors (Lipinski definition) is 3. The molecule has 0 saturated carbocycles. The maximum Gasteiger partial charge on any atom is 0.239 e. The van der Waals surface area contributed by atoms with Crippen molar-refractivity contribution in [2.45, 2.75) is 17.8 Å². The van der Waals surface area contributed by atoms with Crippen molar-refractivity contribution < 1.29 is 14.4 Å². The summed E-state index contributed by atoms with van der Waals surface area (Å²) in [5.74, 6) is -1.91. The van der Waals surface area contributed by atoms with Crippen molar-refractivity contribution in [1.29, 1.82) is 0 Å². The Balaban J connectivity index is 1.70. The fraction of sp³-hybridized carbons (Fsp3) is 0.192. The SMILES string of the molecule is CC12c3ccccc3C(C=O)(c3ccccc31)[C@H]1C(=O)N(c3cccc(I)c3)C(=O)[C@@H]12. The topological polar surface area (TPSA) is 54.5 Å². The van der Waals surface area contributed by atoms with E-state index in [1.165, 1.54) is 4.90 Å². The van der Waals surface area contributed by atoms with Gasteiger partial charge in [0.25, 0.3) is 0 Å². The summed E-state index contributed by atoms with van der Waals surface area (Å²) in [4.78, 5) is 42.1. The Morgan fingerprint density at radius 3 is 1.90 bits per heavy atom. The van der Waals surface area contributed by atoms with E-state index in [1.54, 1.807) is 6.07 Å². The lowest BCUT2D eigenvalue weighted by Crippen LogP contribution is -2.61. The second-order valence-electron chi connectivity index (χ2n) is 8.73. The van der Waals surface area contributed by atoms with Crippen molar-refractivity contribution in [1.82, 2.24) is 0 Å². The molecule has 1 fully saturated rings. The smallest absolute Gasteiger partial charge is 0.239 e. The average molecular weight is 519 g/mol. The maximum atomic E-state index is 13.9. The Kier molecular flexibility index (Phi) is 3.74. The summed E-state index contributed by atoms with van der Waals surface area (Å²) in [5.41, 5.74) is 2.33. The monoisotopic (exact) mass is 519 g/mol. The normalized spacial score (nSPS) is 30.1. The van der Waals surface area contributed by atoms with E-state index < -0.39 is 22.7 Å². The molecule has 3 aromatic carbocycles. The lowest BCUT2D eigenvalue weighted by molar-refractivity contribution is -0.129. The van der Waals surface area contributed by atoms with Crippen molar-refractivity contribution in [2.24, 2.45) is 11.8 Å². The van der Waals surface area contributed by atoms with Crippen LogP contribution in [0.1, 0.15) is 29.2 Å². The second-order valence-corrected chi connectivity index (χ2v) is 9.97. The Bertz CT molecular complexity index is 1270. The van der Waals surface area contributed by atoms with Gasteiger partial charge in [-0.3, -0.25) is 9.59 Å². The molecule has 3 aromatic rings. The molecule has 2 atom stereocenters. The first-order valence-electron chi connectivity index (χ1n) is 10.3. The minimum atomic E-state index is -1.17. The average Bonchev–Trinajstić information content (AvgIpc) is 3.06. The number of halogens is 1. The number of carbonyl (C=O) groups is 3. The Morgan fingerprint density at radius 1 is 0.806 bits per heavy atom. The van der Waals surface area contributed by atoms with Gasteiger partial charge in [0.2, 0.25) is 11.8 Å². The molecule has 0 unspecified atom stereocenters. The number of amides is 2. The highest BCUT2D eigenvalue weighted by molar-refractivity contribution is 14.1. The molecular weight excluding hydrogens is 501 g/mol. The summed E-state index contributed by atoms with van der Waals surface area (Å²) >= 11 is 2.18. The number of carbonyl (C=O) groups excluding carboxylic acids is 3. The van der Waals surface area contributed by atoms with Gasteiger partial charge in [-0.1, -0.05) is 61.5 Å². The van der Waals surface area contributed by atoms with E-state index in [-0.39, 0.29) is 11.8 Å². The number of rotatable bonds is 2. The number of anilines is 1. The predicted octanol–water partition coefficient (Wildman–Crippen LogP) is 4.22. The van der Waals surface area contributed by atoms with Crippen molar-refractivity contribution in [2.75, 3.05) is 4.90 Å². The van der Waals surface area contributed by atoms with Crippen LogP contribution in [0.5, 0.6) is 0 Å². The van der Waals surface area contributed by atoms with Crippen molar-refractivity contribution in [3.63, 3.8) is 0 Å². The standard InChI is InChI=1S/C26H18INO3/c1-25-17-9-2-4-11-19(17)26(14-29,20-12-5-3-10-18(20)25)22-21(25)23(30)28(24(22)31)16-8-6-7-15(27)13-16/h2-14,21-22H,1H3/t21-,22-,25?,26?/m1/s1. The maximum absolute atomic E-state index is 13.9. The van der Waals surface area contributed by atoms with Gasteiger partial charge in [-0.2, -0.15) is 0 Å². The highest BCUT2D eigenvalue weighted by Crippen LogP contribution is 2.66. The zero-order valence-electron chi connectivity index (χ0n) is 16.7. The van der Waals surface area contributed by atoms with Crippen LogP contribution in [0.25, 0.3) is 0 Å². The largest absolute Gasteiger partial charge is 0.302 e.